The van der Waals surface area contributed by atoms with Crippen molar-refractivity contribution in [2.24, 2.45) is 0 Å². The number of pyridine rings is 1. The average Bonchev–Trinajstić information content (AvgIpc) is 2.43. The van der Waals surface area contributed by atoms with Crippen LogP contribution < -0.4 is 5.73 Å². The lowest BCUT2D eigenvalue weighted by Crippen LogP contribution is -2.28. The molecule has 0 aliphatic rings. The summed E-state index contributed by atoms with van der Waals surface area (Å²) >= 11 is 0. The fourth-order valence-electron chi connectivity index (χ4n) is 2.00. The van der Waals surface area contributed by atoms with Gasteiger partial charge in [-0.25, -0.2) is 4.98 Å². The Bertz CT molecular complexity index is 595. The minimum absolute atomic E-state index is 0.0779. The van der Waals surface area contributed by atoms with Gasteiger partial charge in [-0.15, -0.1) is 0 Å². The van der Waals surface area contributed by atoms with E-state index in [4.69, 9.17) is 5.73 Å². The van der Waals surface area contributed by atoms with E-state index in [1.807, 2.05) is 24.3 Å². The van der Waals surface area contributed by atoms with Crippen molar-refractivity contribution in [3.8, 4) is 0 Å². The van der Waals surface area contributed by atoms with Crippen molar-refractivity contribution < 1.29 is 4.79 Å². The van der Waals surface area contributed by atoms with E-state index in [2.05, 4.69) is 11.9 Å². The highest BCUT2D eigenvalue weighted by molar-refractivity contribution is 5.99. The largest absolute Gasteiger partial charge is 0.398 e. The molecule has 0 unspecified atom stereocenters. The standard InChI is InChI=1S/C15H19N3O/c1-3-4-9-18(2)15(19)14-10-12(16)11-7-5-6-8-13(11)17-14/h5-8,10H,3-4,9H2,1-2H3,(H2,16,17). The van der Waals surface area contributed by atoms with Crippen LogP contribution >= 0.6 is 0 Å². The first-order valence-corrected chi connectivity index (χ1v) is 6.54. The molecule has 0 saturated carbocycles. The predicted molar refractivity (Wildman–Crippen MR) is 78.0 cm³/mol. The summed E-state index contributed by atoms with van der Waals surface area (Å²) in [5.74, 6) is -0.0779. The summed E-state index contributed by atoms with van der Waals surface area (Å²) in [5, 5.41) is 0.885. The molecule has 0 aliphatic carbocycles. The van der Waals surface area contributed by atoms with Gasteiger partial charge in [0.15, 0.2) is 0 Å². The number of carbonyl (C=O) groups excluding carboxylic acids is 1. The number of amides is 1. The van der Waals surface area contributed by atoms with Crippen molar-refractivity contribution in [3.63, 3.8) is 0 Å². The van der Waals surface area contributed by atoms with Gasteiger partial charge in [0.1, 0.15) is 5.69 Å². The second kappa shape index (κ2) is 5.69. The van der Waals surface area contributed by atoms with Gasteiger partial charge in [0.05, 0.1) is 5.52 Å². The number of hydrogen-bond donors (Lipinski definition) is 1. The number of rotatable bonds is 4. The van der Waals surface area contributed by atoms with E-state index in [-0.39, 0.29) is 5.91 Å². The number of para-hydroxylation sites is 1. The van der Waals surface area contributed by atoms with Gasteiger partial charge in [0.25, 0.3) is 5.91 Å². The Morgan fingerprint density at radius 2 is 2.11 bits per heavy atom. The SMILES string of the molecule is CCCCN(C)C(=O)c1cc(N)c2ccccc2n1. The normalized spacial score (nSPS) is 10.6. The molecule has 0 fully saturated rings. The Morgan fingerprint density at radius 1 is 1.37 bits per heavy atom. The number of benzene rings is 1. The summed E-state index contributed by atoms with van der Waals surface area (Å²) < 4.78 is 0. The minimum Gasteiger partial charge on any atom is -0.398 e. The van der Waals surface area contributed by atoms with Gasteiger partial charge >= 0.3 is 0 Å². The van der Waals surface area contributed by atoms with Gasteiger partial charge in [0.2, 0.25) is 0 Å². The number of anilines is 1. The van der Waals surface area contributed by atoms with E-state index in [0.717, 1.165) is 30.3 Å². The summed E-state index contributed by atoms with van der Waals surface area (Å²) in [6.07, 6.45) is 2.05. The Kier molecular flexibility index (Phi) is 4.00. The molecule has 1 aromatic carbocycles. The molecular formula is C15H19N3O. The maximum Gasteiger partial charge on any atom is 0.272 e. The fraction of sp³-hybridized carbons (Fsp3) is 0.333. The minimum atomic E-state index is -0.0779. The third-order valence-corrected chi connectivity index (χ3v) is 3.16. The molecule has 0 aliphatic heterocycles. The van der Waals surface area contributed by atoms with Gasteiger partial charge in [0, 0.05) is 24.7 Å². The fourth-order valence-corrected chi connectivity index (χ4v) is 2.00. The second-order valence-electron chi connectivity index (χ2n) is 4.69. The lowest BCUT2D eigenvalue weighted by atomic mass is 10.1. The van der Waals surface area contributed by atoms with Crippen LogP contribution in [0.2, 0.25) is 0 Å². The van der Waals surface area contributed by atoms with Crippen LogP contribution in [0.4, 0.5) is 5.69 Å². The third-order valence-electron chi connectivity index (χ3n) is 3.16. The number of nitrogen functional groups attached to an aromatic ring is 1. The lowest BCUT2D eigenvalue weighted by Gasteiger charge is -2.16. The third kappa shape index (κ3) is 2.84. The van der Waals surface area contributed by atoms with Gasteiger partial charge in [-0.3, -0.25) is 4.79 Å². The molecule has 1 aromatic heterocycles. The van der Waals surface area contributed by atoms with Crippen LogP contribution in [-0.4, -0.2) is 29.4 Å². The number of nitrogens with two attached hydrogens (primary N) is 1. The highest BCUT2D eigenvalue weighted by Gasteiger charge is 2.14. The molecule has 4 nitrogen and oxygen atoms in total. The van der Waals surface area contributed by atoms with Gasteiger partial charge < -0.3 is 10.6 Å². The molecule has 0 atom stereocenters. The summed E-state index contributed by atoms with van der Waals surface area (Å²) in [7, 11) is 1.80. The predicted octanol–water partition coefficient (Wildman–Crippen LogP) is 2.69. The highest BCUT2D eigenvalue weighted by atomic mass is 16.2. The van der Waals surface area contributed by atoms with Crippen molar-refractivity contribution >= 4 is 22.5 Å². The summed E-state index contributed by atoms with van der Waals surface area (Å²) in [4.78, 5) is 18.3. The number of unbranched alkanes of at least 4 members (excludes halogenated alkanes) is 1. The molecule has 100 valence electrons. The molecule has 0 bridgehead atoms. The summed E-state index contributed by atoms with van der Waals surface area (Å²) in [5.41, 5.74) is 7.75. The first kappa shape index (κ1) is 13.3. The topological polar surface area (TPSA) is 59.2 Å². The molecule has 0 radical (unpaired) electrons. The number of nitrogens with zero attached hydrogens (tertiary/aromatic N) is 2. The van der Waals surface area contributed by atoms with Crippen molar-refractivity contribution in [1.82, 2.24) is 9.88 Å². The first-order chi connectivity index (χ1) is 9.13. The molecule has 2 N–H and O–H groups in total. The van der Waals surface area contributed by atoms with Crippen LogP contribution in [0, 0.1) is 0 Å². The van der Waals surface area contributed by atoms with E-state index in [1.54, 1.807) is 18.0 Å². The zero-order valence-electron chi connectivity index (χ0n) is 11.4. The maximum absolute atomic E-state index is 12.3. The van der Waals surface area contributed by atoms with E-state index in [9.17, 15) is 4.79 Å². The van der Waals surface area contributed by atoms with Crippen LogP contribution in [0.3, 0.4) is 0 Å². The molecule has 0 saturated heterocycles. The smallest absolute Gasteiger partial charge is 0.272 e. The number of fused-ring (bicyclic) bond motifs is 1. The van der Waals surface area contributed by atoms with Crippen molar-refractivity contribution in [2.75, 3.05) is 19.3 Å². The lowest BCUT2D eigenvalue weighted by molar-refractivity contribution is 0.0788. The molecule has 2 aromatic rings. The molecule has 2 rings (SSSR count). The van der Waals surface area contributed by atoms with E-state index < -0.39 is 0 Å². The Morgan fingerprint density at radius 3 is 2.84 bits per heavy atom. The monoisotopic (exact) mass is 257 g/mol. The summed E-state index contributed by atoms with van der Waals surface area (Å²) in [6.45, 7) is 2.84. The van der Waals surface area contributed by atoms with Crippen LogP contribution in [0.15, 0.2) is 30.3 Å². The zero-order chi connectivity index (χ0) is 13.8. The van der Waals surface area contributed by atoms with Crippen LogP contribution in [0.25, 0.3) is 10.9 Å². The van der Waals surface area contributed by atoms with Crippen molar-refractivity contribution in [2.45, 2.75) is 19.8 Å². The van der Waals surface area contributed by atoms with Crippen molar-refractivity contribution in [1.29, 1.82) is 0 Å². The van der Waals surface area contributed by atoms with E-state index in [1.165, 1.54) is 0 Å². The second-order valence-corrected chi connectivity index (χ2v) is 4.69. The molecule has 4 heteroatoms. The van der Waals surface area contributed by atoms with Gasteiger partial charge in [-0.1, -0.05) is 31.5 Å². The highest BCUT2D eigenvalue weighted by Crippen LogP contribution is 2.20. The number of aromatic nitrogens is 1. The average molecular weight is 257 g/mol. The zero-order valence-corrected chi connectivity index (χ0v) is 11.4. The molecular weight excluding hydrogens is 238 g/mol. The van der Waals surface area contributed by atoms with Gasteiger partial charge in [-0.2, -0.15) is 0 Å². The molecule has 1 amide bonds. The first-order valence-electron chi connectivity index (χ1n) is 6.54. The molecule has 0 spiro atoms. The summed E-state index contributed by atoms with van der Waals surface area (Å²) in [6, 6.07) is 9.24. The maximum atomic E-state index is 12.3. The van der Waals surface area contributed by atoms with Crippen LogP contribution in [0.1, 0.15) is 30.3 Å². The Balaban J connectivity index is 2.32. The van der Waals surface area contributed by atoms with E-state index in [0.29, 0.717) is 11.4 Å². The number of carbonyl (C=O) groups is 1. The quantitative estimate of drug-likeness (QED) is 0.916. The number of hydrogen-bond acceptors (Lipinski definition) is 3. The molecule has 19 heavy (non-hydrogen) atoms. The Hall–Kier alpha value is -2.10. The molecule has 1 heterocycles. The van der Waals surface area contributed by atoms with E-state index >= 15 is 0 Å². The van der Waals surface area contributed by atoms with Crippen LogP contribution in [-0.2, 0) is 0 Å². The van der Waals surface area contributed by atoms with Crippen LogP contribution in [0.5, 0.6) is 0 Å². The van der Waals surface area contributed by atoms with Gasteiger partial charge in [-0.05, 0) is 18.6 Å². The Labute approximate surface area is 113 Å². The van der Waals surface area contributed by atoms with Crippen molar-refractivity contribution in [3.05, 3.63) is 36.0 Å².